The second-order valence-corrected chi connectivity index (χ2v) is 5.05. The molecular formula is C12H15Br2F. The third-order valence-electron chi connectivity index (χ3n) is 2.79. The Bertz CT molecular complexity index is 300. The van der Waals surface area contributed by atoms with Crippen LogP contribution in [0.4, 0.5) is 4.39 Å². The van der Waals surface area contributed by atoms with Crippen LogP contribution in [0.3, 0.4) is 0 Å². The Kier molecular flexibility index (Phi) is 5.27. The van der Waals surface area contributed by atoms with Gasteiger partial charge in [-0.15, -0.1) is 0 Å². The SMILES string of the molecule is CCC(CBr)(CBr)Cc1cccc(F)c1. The molecule has 0 fully saturated rings. The zero-order chi connectivity index (χ0) is 11.3. The summed E-state index contributed by atoms with van der Waals surface area (Å²) in [5.41, 5.74) is 1.25. The van der Waals surface area contributed by atoms with Crippen molar-refractivity contribution in [3.05, 3.63) is 35.6 Å². The minimum atomic E-state index is -0.151. The molecule has 0 saturated heterocycles. The molecule has 0 atom stereocenters. The van der Waals surface area contributed by atoms with Crippen molar-refractivity contribution < 1.29 is 4.39 Å². The Balaban J connectivity index is 2.82. The number of hydrogen-bond donors (Lipinski definition) is 0. The van der Waals surface area contributed by atoms with Gasteiger partial charge in [-0.1, -0.05) is 50.9 Å². The summed E-state index contributed by atoms with van der Waals surface area (Å²) in [5.74, 6) is -0.151. The maximum absolute atomic E-state index is 13.0. The van der Waals surface area contributed by atoms with Gasteiger partial charge in [-0.05, 0) is 36.0 Å². The predicted octanol–water partition coefficient (Wildman–Crippen LogP) is 4.55. The Hall–Kier alpha value is 0.110. The summed E-state index contributed by atoms with van der Waals surface area (Å²) < 4.78 is 13.0. The maximum atomic E-state index is 13.0. The van der Waals surface area contributed by atoms with E-state index in [2.05, 4.69) is 38.8 Å². The molecule has 0 unspecified atom stereocenters. The second kappa shape index (κ2) is 6.00. The molecule has 0 aliphatic carbocycles. The van der Waals surface area contributed by atoms with E-state index < -0.39 is 0 Å². The van der Waals surface area contributed by atoms with Crippen LogP contribution < -0.4 is 0 Å². The minimum absolute atomic E-state index is 0.151. The molecule has 0 aliphatic heterocycles. The van der Waals surface area contributed by atoms with Crippen LogP contribution in [0.1, 0.15) is 18.9 Å². The van der Waals surface area contributed by atoms with Crippen LogP contribution in [0.5, 0.6) is 0 Å². The van der Waals surface area contributed by atoms with Crippen molar-refractivity contribution in [3.63, 3.8) is 0 Å². The third-order valence-corrected chi connectivity index (χ3v) is 5.16. The molecular weight excluding hydrogens is 323 g/mol. The molecule has 0 saturated carbocycles. The molecule has 1 aromatic rings. The Morgan fingerprint density at radius 1 is 1.27 bits per heavy atom. The molecule has 3 heteroatoms. The highest BCUT2D eigenvalue weighted by molar-refractivity contribution is 9.09. The molecule has 0 aliphatic rings. The summed E-state index contributed by atoms with van der Waals surface area (Å²) in [5, 5.41) is 1.86. The van der Waals surface area contributed by atoms with Crippen LogP contribution in [0.15, 0.2) is 24.3 Å². The highest BCUT2D eigenvalue weighted by Gasteiger charge is 2.25. The summed E-state index contributed by atoms with van der Waals surface area (Å²) in [4.78, 5) is 0. The molecule has 84 valence electrons. The Morgan fingerprint density at radius 3 is 2.40 bits per heavy atom. The summed E-state index contributed by atoms with van der Waals surface area (Å²) >= 11 is 7.09. The predicted molar refractivity (Wildman–Crippen MR) is 70.4 cm³/mol. The zero-order valence-electron chi connectivity index (χ0n) is 8.77. The molecule has 0 spiro atoms. The van der Waals surface area contributed by atoms with Crippen molar-refractivity contribution in [2.45, 2.75) is 19.8 Å². The van der Waals surface area contributed by atoms with Crippen molar-refractivity contribution in [1.82, 2.24) is 0 Å². The van der Waals surface area contributed by atoms with Crippen LogP contribution in [0, 0.1) is 11.2 Å². The van der Waals surface area contributed by atoms with Gasteiger partial charge in [-0.3, -0.25) is 0 Å². The van der Waals surface area contributed by atoms with Gasteiger partial charge in [-0.25, -0.2) is 4.39 Å². The van der Waals surface area contributed by atoms with Crippen molar-refractivity contribution >= 4 is 31.9 Å². The molecule has 0 aromatic heterocycles. The molecule has 0 nitrogen and oxygen atoms in total. The first-order chi connectivity index (χ1) is 7.15. The van der Waals surface area contributed by atoms with Crippen molar-refractivity contribution in [2.75, 3.05) is 10.7 Å². The quantitative estimate of drug-likeness (QED) is 0.691. The Labute approximate surface area is 108 Å². The van der Waals surface area contributed by atoms with Gasteiger partial charge in [0.25, 0.3) is 0 Å². The fourth-order valence-electron chi connectivity index (χ4n) is 1.52. The van der Waals surface area contributed by atoms with Gasteiger partial charge in [0.2, 0.25) is 0 Å². The molecule has 0 amide bonds. The summed E-state index contributed by atoms with van der Waals surface area (Å²) in [6, 6.07) is 6.86. The molecule has 0 heterocycles. The van der Waals surface area contributed by atoms with Gasteiger partial charge in [0.05, 0.1) is 0 Å². The highest BCUT2D eigenvalue weighted by atomic mass is 79.9. The van der Waals surface area contributed by atoms with E-state index >= 15 is 0 Å². The summed E-state index contributed by atoms with van der Waals surface area (Å²) in [7, 11) is 0. The van der Waals surface area contributed by atoms with Gasteiger partial charge in [0, 0.05) is 10.7 Å². The monoisotopic (exact) mass is 336 g/mol. The first-order valence-corrected chi connectivity index (χ1v) is 7.26. The Morgan fingerprint density at radius 2 is 1.93 bits per heavy atom. The van der Waals surface area contributed by atoms with E-state index in [1.54, 1.807) is 12.1 Å². The van der Waals surface area contributed by atoms with Gasteiger partial charge < -0.3 is 0 Å². The van der Waals surface area contributed by atoms with E-state index in [0.717, 1.165) is 29.1 Å². The topological polar surface area (TPSA) is 0 Å². The van der Waals surface area contributed by atoms with Crippen molar-refractivity contribution in [3.8, 4) is 0 Å². The highest BCUT2D eigenvalue weighted by Crippen LogP contribution is 2.31. The number of alkyl halides is 2. The van der Waals surface area contributed by atoms with Crippen LogP contribution in [-0.2, 0) is 6.42 Å². The van der Waals surface area contributed by atoms with E-state index in [9.17, 15) is 4.39 Å². The molecule has 15 heavy (non-hydrogen) atoms. The van der Waals surface area contributed by atoms with Gasteiger partial charge in [-0.2, -0.15) is 0 Å². The van der Waals surface area contributed by atoms with Crippen LogP contribution in [0.25, 0.3) is 0 Å². The van der Waals surface area contributed by atoms with Crippen molar-refractivity contribution in [1.29, 1.82) is 0 Å². The van der Waals surface area contributed by atoms with E-state index in [1.165, 1.54) is 6.07 Å². The number of rotatable bonds is 5. The van der Waals surface area contributed by atoms with Crippen LogP contribution in [0.2, 0.25) is 0 Å². The fourth-order valence-corrected chi connectivity index (χ4v) is 3.64. The molecule has 0 bridgehead atoms. The van der Waals surface area contributed by atoms with Gasteiger partial charge in [0.1, 0.15) is 5.82 Å². The smallest absolute Gasteiger partial charge is 0.123 e. The van der Waals surface area contributed by atoms with E-state index in [1.807, 2.05) is 6.07 Å². The van der Waals surface area contributed by atoms with Crippen LogP contribution >= 0.6 is 31.9 Å². The lowest BCUT2D eigenvalue weighted by molar-refractivity contribution is 0.373. The standard InChI is InChI=1S/C12H15Br2F/c1-2-12(8-13,9-14)7-10-4-3-5-11(15)6-10/h3-6H,2,7-9H2,1H3. The normalized spacial score (nSPS) is 11.7. The first kappa shape index (κ1) is 13.2. The molecule has 0 radical (unpaired) electrons. The van der Waals surface area contributed by atoms with E-state index in [-0.39, 0.29) is 11.2 Å². The lowest BCUT2D eigenvalue weighted by atomic mass is 9.83. The second-order valence-electron chi connectivity index (χ2n) is 3.93. The number of hydrogen-bond acceptors (Lipinski definition) is 0. The van der Waals surface area contributed by atoms with E-state index in [0.29, 0.717) is 0 Å². The van der Waals surface area contributed by atoms with Gasteiger partial charge in [0.15, 0.2) is 0 Å². The molecule has 1 aromatic carbocycles. The number of halogens is 3. The van der Waals surface area contributed by atoms with Crippen LogP contribution in [-0.4, -0.2) is 10.7 Å². The zero-order valence-corrected chi connectivity index (χ0v) is 11.9. The lowest BCUT2D eigenvalue weighted by Crippen LogP contribution is -2.26. The summed E-state index contributed by atoms with van der Waals surface area (Å²) in [6.45, 7) is 2.17. The maximum Gasteiger partial charge on any atom is 0.123 e. The molecule has 0 N–H and O–H groups in total. The van der Waals surface area contributed by atoms with E-state index in [4.69, 9.17) is 0 Å². The molecule has 1 rings (SSSR count). The fraction of sp³-hybridized carbons (Fsp3) is 0.500. The number of benzene rings is 1. The van der Waals surface area contributed by atoms with Gasteiger partial charge >= 0.3 is 0 Å². The average molecular weight is 338 g/mol. The lowest BCUT2D eigenvalue weighted by Gasteiger charge is -2.28. The first-order valence-electron chi connectivity index (χ1n) is 5.02. The minimum Gasteiger partial charge on any atom is -0.207 e. The summed E-state index contributed by atoms with van der Waals surface area (Å²) in [6.07, 6.45) is 1.97. The third kappa shape index (κ3) is 3.56. The largest absolute Gasteiger partial charge is 0.207 e. The van der Waals surface area contributed by atoms with Crippen molar-refractivity contribution in [2.24, 2.45) is 5.41 Å². The average Bonchev–Trinajstić information content (AvgIpc) is 2.26.